The van der Waals surface area contributed by atoms with E-state index in [0.29, 0.717) is 16.8 Å². The number of nitro groups is 2. The van der Waals surface area contributed by atoms with Gasteiger partial charge in [-0.2, -0.15) is 0 Å². The minimum Gasteiger partial charge on any atom is -0.326 e. The average Bonchev–Trinajstić information content (AvgIpc) is 2.52. The molecule has 1 amide bonds. The summed E-state index contributed by atoms with van der Waals surface area (Å²) in [6.07, 6.45) is 3.11. The van der Waals surface area contributed by atoms with E-state index in [0.717, 1.165) is 6.07 Å². The third-order valence-electron chi connectivity index (χ3n) is 3.45. The fraction of sp³-hybridized carbons (Fsp3) is 0.118. The normalized spacial score (nSPS) is 10.6. The summed E-state index contributed by atoms with van der Waals surface area (Å²) in [6, 6.07) is 9.31. The summed E-state index contributed by atoms with van der Waals surface area (Å²) >= 11 is 0. The van der Waals surface area contributed by atoms with Crippen LogP contribution in [-0.4, -0.2) is 15.8 Å². The Labute approximate surface area is 143 Å². The van der Waals surface area contributed by atoms with Crippen molar-refractivity contribution in [1.29, 1.82) is 0 Å². The van der Waals surface area contributed by atoms with Crippen LogP contribution in [0.15, 0.2) is 36.4 Å². The molecule has 25 heavy (non-hydrogen) atoms. The molecule has 0 spiro atoms. The van der Waals surface area contributed by atoms with Crippen molar-refractivity contribution in [1.82, 2.24) is 0 Å². The zero-order chi connectivity index (χ0) is 18.6. The third-order valence-corrected chi connectivity index (χ3v) is 3.45. The van der Waals surface area contributed by atoms with Crippen LogP contribution in [-0.2, 0) is 4.79 Å². The average molecular weight is 341 g/mol. The van der Waals surface area contributed by atoms with E-state index in [9.17, 15) is 25.0 Å². The summed E-state index contributed by atoms with van der Waals surface area (Å²) in [7, 11) is 0. The molecule has 0 aliphatic carbocycles. The van der Waals surface area contributed by atoms with Crippen molar-refractivity contribution in [3.8, 4) is 0 Å². The van der Waals surface area contributed by atoms with E-state index in [4.69, 9.17) is 0 Å². The summed E-state index contributed by atoms with van der Waals surface area (Å²) in [5, 5.41) is 24.9. The number of nitro benzene ring substituents is 2. The van der Waals surface area contributed by atoms with Gasteiger partial charge in [-0.25, -0.2) is 0 Å². The van der Waals surface area contributed by atoms with E-state index in [1.807, 2.05) is 0 Å². The third kappa shape index (κ3) is 4.25. The van der Waals surface area contributed by atoms with Crippen LogP contribution in [0.1, 0.15) is 23.6 Å². The number of carbonyl (C=O) groups is 1. The van der Waals surface area contributed by atoms with E-state index in [1.54, 1.807) is 30.3 Å². The highest BCUT2D eigenvalue weighted by Gasteiger charge is 2.21. The Morgan fingerprint density at radius 3 is 2.20 bits per heavy atom. The van der Waals surface area contributed by atoms with Crippen LogP contribution in [0.2, 0.25) is 0 Å². The first-order chi connectivity index (χ1) is 11.8. The Morgan fingerprint density at radius 1 is 1.00 bits per heavy atom. The summed E-state index contributed by atoms with van der Waals surface area (Å²) in [5.41, 5.74) is 1.12. The number of rotatable bonds is 5. The number of aryl methyl sites for hydroxylation is 1. The van der Waals surface area contributed by atoms with Gasteiger partial charge in [0.25, 0.3) is 11.4 Å². The molecule has 8 nitrogen and oxygen atoms in total. The van der Waals surface area contributed by atoms with Gasteiger partial charge in [-0.3, -0.25) is 25.0 Å². The van der Waals surface area contributed by atoms with Crippen molar-refractivity contribution >= 4 is 35.1 Å². The number of hydrogen-bond donors (Lipinski definition) is 1. The Balaban J connectivity index is 2.48. The summed E-state index contributed by atoms with van der Waals surface area (Å²) < 4.78 is 0. The number of hydrogen-bond acceptors (Lipinski definition) is 5. The zero-order valence-electron chi connectivity index (χ0n) is 13.6. The SMILES string of the molecule is CC(=O)Nc1ccccc1/C=C/c1cc(C)c([N+](=O)[O-])cc1[N+](=O)[O-]. The molecule has 128 valence electrons. The van der Waals surface area contributed by atoms with Crippen molar-refractivity contribution in [3.63, 3.8) is 0 Å². The monoisotopic (exact) mass is 341 g/mol. The Morgan fingerprint density at radius 2 is 1.60 bits per heavy atom. The van der Waals surface area contributed by atoms with Crippen LogP contribution >= 0.6 is 0 Å². The van der Waals surface area contributed by atoms with Gasteiger partial charge >= 0.3 is 0 Å². The van der Waals surface area contributed by atoms with Crippen molar-refractivity contribution in [3.05, 3.63) is 73.3 Å². The van der Waals surface area contributed by atoms with Gasteiger partial charge in [0.05, 0.1) is 21.5 Å². The van der Waals surface area contributed by atoms with Gasteiger partial charge in [-0.05, 0) is 30.7 Å². The first-order valence-corrected chi connectivity index (χ1v) is 7.27. The molecule has 1 N–H and O–H groups in total. The molecular formula is C17H15N3O5. The number of nitrogens with one attached hydrogen (secondary N) is 1. The second-order valence-electron chi connectivity index (χ2n) is 5.31. The van der Waals surface area contributed by atoms with Crippen molar-refractivity contribution in [2.24, 2.45) is 0 Å². The van der Waals surface area contributed by atoms with Crippen molar-refractivity contribution in [2.45, 2.75) is 13.8 Å². The molecule has 8 heteroatoms. The summed E-state index contributed by atoms with van der Waals surface area (Å²) in [5.74, 6) is -0.238. The van der Waals surface area contributed by atoms with Crippen LogP contribution in [0.25, 0.3) is 12.2 Å². The number of benzene rings is 2. The quantitative estimate of drug-likeness (QED) is 0.502. The number of amides is 1. The smallest absolute Gasteiger partial charge is 0.283 e. The Hall–Kier alpha value is -3.55. The van der Waals surface area contributed by atoms with E-state index in [2.05, 4.69) is 5.32 Å². The lowest BCUT2D eigenvalue weighted by Gasteiger charge is -2.06. The van der Waals surface area contributed by atoms with Crippen LogP contribution in [0, 0.1) is 27.2 Å². The standard InChI is InChI=1S/C17H15N3O5/c1-11-9-14(17(20(24)25)10-16(11)19(22)23)8-7-13-5-3-4-6-15(13)18-12(2)21/h3-10H,1-2H3,(H,18,21)/b8-7+. The molecule has 0 aromatic heterocycles. The molecular weight excluding hydrogens is 326 g/mol. The van der Waals surface area contributed by atoms with Gasteiger partial charge in [-0.15, -0.1) is 0 Å². The van der Waals surface area contributed by atoms with Gasteiger partial charge in [0.1, 0.15) is 0 Å². The predicted molar refractivity (Wildman–Crippen MR) is 94.2 cm³/mol. The molecule has 0 bridgehead atoms. The fourth-order valence-electron chi connectivity index (χ4n) is 2.32. The molecule has 0 saturated heterocycles. The maximum Gasteiger partial charge on any atom is 0.283 e. The maximum absolute atomic E-state index is 11.2. The molecule has 0 radical (unpaired) electrons. The lowest BCUT2D eigenvalue weighted by molar-refractivity contribution is -0.394. The number of para-hydroxylation sites is 1. The van der Waals surface area contributed by atoms with Crippen LogP contribution in [0.4, 0.5) is 17.1 Å². The van der Waals surface area contributed by atoms with Gasteiger partial charge in [0.15, 0.2) is 0 Å². The van der Waals surface area contributed by atoms with Gasteiger partial charge in [0, 0.05) is 18.2 Å². The van der Waals surface area contributed by atoms with Gasteiger partial charge in [0.2, 0.25) is 5.91 Å². The van der Waals surface area contributed by atoms with E-state index < -0.39 is 9.85 Å². The lowest BCUT2D eigenvalue weighted by Crippen LogP contribution is -2.06. The number of nitrogens with zero attached hydrogens (tertiary/aromatic N) is 2. The lowest BCUT2D eigenvalue weighted by atomic mass is 10.0. The van der Waals surface area contributed by atoms with Gasteiger partial charge < -0.3 is 5.32 Å². The molecule has 0 heterocycles. The first-order valence-electron chi connectivity index (χ1n) is 7.27. The highest BCUT2D eigenvalue weighted by atomic mass is 16.6. The summed E-state index contributed by atoms with van der Waals surface area (Å²) in [6.45, 7) is 2.90. The zero-order valence-corrected chi connectivity index (χ0v) is 13.6. The van der Waals surface area contributed by atoms with Crippen LogP contribution < -0.4 is 5.32 Å². The highest BCUT2D eigenvalue weighted by Crippen LogP contribution is 2.30. The maximum atomic E-state index is 11.2. The second-order valence-corrected chi connectivity index (χ2v) is 5.31. The summed E-state index contributed by atoms with van der Waals surface area (Å²) in [4.78, 5) is 32.1. The fourth-order valence-corrected chi connectivity index (χ4v) is 2.32. The van der Waals surface area contributed by atoms with E-state index in [-0.39, 0.29) is 22.8 Å². The first kappa shape index (κ1) is 17.8. The molecule has 0 fully saturated rings. The molecule has 2 rings (SSSR count). The molecule has 2 aromatic carbocycles. The van der Waals surface area contributed by atoms with Crippen molar-refractivity contribution in [2.75, 3.05) is 5.32 Å². The van der Waals surface area contributed by atoms with E-state index in [1.165, 1.54) is 26.0 Å². The minimum atomic E-state index is -0.661. The largest absolute Gasteiger partial charge is 0.326 e. The van der Waals surface area contributed by atoms with E-state index >= 15 is 0 Å². The molecule has 0 atom stereocenters. The number of carbonyl (C=O) groups excluding carboxylic acids is 1. The molecule has 0 saturated carbocycles. The van der Waals surface area contributed by atoms with Crippen molar-refractivity contribution < 1.29 is 14.6 Å². The molecule has 2 aromatic rings. The van der Waals surface area contributed by atoms with Crippen LogP contribution in [0.5, 0.6) is 0 Å². The molecule has 0 unspecified atom stereocenters. The predicted octanol–water partition coefficient (Wildman–Crippen LogP) is 3.94. The Kier molecular flexibility index (Phi) is 5.23. The molecule has 0 aliphatic rings. The second kappa shape index (κ2) is 7.35. The minimum absolute atomic E-state index is 0.238. The van der Waals surface area contributed by atoms with Crippen LogP contribution in [0.3, 0.4) is 0 Å². The topological polar surface area (TPSA) is 115 Å². The molecule has 0 aliphatic heterocycles. The number of anilines is 1. The highest BCUT2D eigenvalue weighted by molar-refractivity contribution is 5.92. The van der Waals surface area contributed by atoms with Gasteiger partial charge in [-0.1, -0.05) is 24.3 Å². The Bertz CT molecular complexity index is 890.